The molecule has 5 N–H and O–H groups in total. The number of fused-ring (bicyclic) bond motifs is 1. The molecule has 12 heteroatoms. The molecule has 0 saturated carbocycles. The normalized spacial score (nSPS) is 15.6. The SMILES string of the molecule is COC[C@H](Cn1cnc2c(N)nc(N)nc21)OCP(=O)(O)OC. The number of rotatable bonds is 8. The molecule has 0 amide bonds. The van der Waals surface area contributed by atoms with Gasteiger partial charge in [0.15, 0.2) is 11.5 Å². The van der Waals surface area contributed by atoms with Crippen LogP contribution in [0.2, 0.25) is 0 Å². The number of hydrogen-bond donors (Lipinski definition) is 3. The van der Waals surface area contributed by atoms with Gasteiger partial charge in [-0.15, -0.1) is 0 Å². The Kier molecular flexibility index (Phi) is 5.50. The molecule has 0 radical (unpaired) electrons. The summed E-state index contributed by atoms with van der Waals surface area (Å²) in [5.74, 6) is 0.204. The lowest BCUT2D eigenvalue weighted by atomic mass is 10.3. The second-order valence-electron chi connectivity index (χ2n) is 4.73. The first-order valence-corrected chi connectivity index (χ1v) is 8.34. The first kappa shape index (κ1) is 17.6. The third-order valence-electron chi connectivity index (χ3n) is 3.02. The highest BCUT2D eigenvalue weighted by Crippen LogP contribution is 2.40. The summed E-state index contributed by atoms with van der Waals surface area (Å²) in [7, 11) is -1.14. The minimum atomic E-state index is -3.77. The van der Waals surface area contributed by atoms with E-state index in [-0.39, 0.29) is 24.9 Å². The average molecular weight is 346 g/mol. The topological polar surface area (TPSA) is 161 Å². The highest BCUT2D eigenvalue weighted by atomic mass is 31.2. The predicted molar refractivity (Wildman–Crippen MR) is 82.6 cm³/mol. The first-order chi connectivity index (χ1) is 10.9. The van der Waals surface area contributed by atoms with Crippen molar-refractivity contribution < 1.29 is 23.5 Å². The fraction of sp³-hybridized carbons (Fsp3) is 0.545. The van der Waals surface area contributed by atoms with Gasteiger partial charge in [0.25, 0.3) is 0 Å². The molecule has 0 spiro atoms. The van der Waals surface area contributed by atoms with Gasteiger partial charge in [-0.05, 0) is 0 Å². The van der Waals surface area contributed by atoms with Crippen LogP contribution in [0.25, 0.3) is 11.2 Å². The molecule has 0 aliphatic carbocycles. The van der Waals surface area contributed by atoms with E-state index < -0.39 is 20.0 Å². The zero-order valence-corrected chi connectivity index (χ0v) is 13.6. The van der Waals surface area contributed by atoms with Crippen LogP contribution in [0.15, 0.2) is 6.33 Å². The Morgan fingerprint density at radius 1 is 1.39 bits per heavy atom. The summed E-state index contributed by atoms with van der Waals surface area (Å²) in [6.07, 6.45) is 0.532. The highest BCUT2D eigenvalue weighted by molar-refractivity contribution is 7.52. The molecule has 23 heavy (non-hydrogen) atoms. The molecule has 0 aliphatic heterocycles. The van der Waals surface area contributed by atoms with Gasteiger partial charge in [-0.25, -0.2) is 4.98 Å². The number of imidazole rings is 1. The van der Waals surface area contributed by atoms with Gasteiger partial charge in [-0.3, -0.25) is 4.57 Å². The Labute approximate surface area is 132 Å². The van der Waals surface area contributed by atoms with Crippen LogP contribution in [0.4, 0.5) is 11.8 Å². The highest BCUT2D eigenvalue weighted by Gasteiger charge is 2.22. The van der Waals surface area contributed by atoms with Gasteiger partial charge in [0.05, 0.1) is 25.6 Å². The zero-order valence-electron chi connectivity index (χ0n) is 12.7. The van der Waals surface area contributed by atoms with Crippen LogP contribution in [0.5, 0.6) is 0 Å². The lowest BCUT2D eigenvalue weighted by Crippen LogP contribution is -2.25. The van der Waals surface area contributed by atoms with Gasteiger partial charge in [0, 0.05) is 14.2 Å². The quantitative estimate of drug-likeness (QED) is 0.546. The van der Waals surface area contributed by atoms with Crippen molar-refractivity contribution in [1.82, 2.24) is 19.5 Å². The van der Waals surface area contributed by atoms with Gasteiger partial charge >= 0.3 is 7.60 Å². The second kappa shape index (κ2) is 7.20. The van der Waals surface area contributed by atoms with Crippen LogP contribution < -0.4 is 11.5 Å². The standard InChI is InChI=1S/C11H19N6O5P/c1-20-4-7(22-6-23(18,19)21-2)3-17-5-14-8-9(12)15-11(13)16-10(8)17/h5,7H,3-4,6H2,1-2H3,(H,18,19)(H4,12,13,15,16)/t7-/m0/s1. The third kappa shape index (κ3) is 4.36. The van der Waals surface area contributed by atoms with Gasteiger partial charge in [0.1, 0.15) is 11.9 Å². The van der Waals surface area contributed by atoms with Crippen molar-refractivity contribution >= 4 is 30.5 Å². The molecule has 2 atom stereocenters. The molecular formula is C11H19N6O5P. The molecule has 0 aromatic carbocycles. The van der Waals surface area contributed by atoms with Crippen molar-refractivity contribution in [2.75, 3.05) is 38.6 Å². The van der Waals surface area contributed by atoms with Crippen molar-refractivity contribution in [1.29, 1.82) is 0 Å². The van der Waals surface area contributed by atoms with Crippen LogP contribution in [0.1, 0.15) is 0 Å². The van der Waals surface area contributed by atoms with E-state index in [1.54, 1.807) is 4.57 Å². The van der Waals surface area contributed by atoms with E-state index in [0.717, 1.165) is 7.11 Å². The predicted octanol–water partition coefficient (Wildman–Crippen LogP) is -0.188. The van der Waals surface area contributed by atoms with Gasteiger partial charge < -0.3 is 34.9 Å². The molecule has 1 unspecified atom stereocenters. The summed E-state index contributed by atoms with van der Waals surface area (Å²) < 4.78 is 28.1. The molecule has 0 saturated heterocycles. The Balaban J connectivity index is 2.18. The van der Waals surface area contributed by atoms with E-state index in [2.05, 4.69) is 19.5 Å². The number of nitrogens with zero attached hydrogens (tertiary/aromatic N) is 4. The van der Waals surface area contributed by atoms with Gasteiger partial charge in [-0.1, -0.05) is 0 Å². The molecule has 0 bridgehead atoms. The van der Waals surface area contributed by atoms with Crippen LogP contribution in [-0.2, 0) is 25.1 Å². The van der Waals surface area contributed by atoms with Crippen LogP contribution >= 0.6 is 7.60 Å². The number of nitrogens with two attached hydrogens (primary N) is 2. The summed E-state index contributed by atoms with van der Waals surface area (Å²) in [6, 6.07) is 0. The molecule has 2 aromatic rings. The van der Waals surface area contributed by atoms with Crippen molar-refractivity contribution in [2.24, 2.45) is 0 Å². The monoisotopic (exact) mass is 346 g/mol. The van der Waals surface area contributed by atoms with Crippen molar-refractivity contribution in [3.8, 4) is 0 Å². The molecule has 128 valence electrons. The van der Waals surface area contributed by atoms with Crippen LogP contribution in [0.3, 0.4) is 0 Å². The lowest BCUT2D eigenvalue weighted by Gasteiger charge is -2.19. The van der Waals surface area contributed by atoms with Crippen molar-refractivity contribution in [3.63, 3.8) is 0 Å². The molecule has 11 nitrogen and oxygen atoms in total. The van der Waals surface area contributed by atoms with E-state index >= 15 is 0 Å². The number of methoxy groups -OCH3 is 1. The Morgan fingerprint density at radius 3 is 2.78 bits per heavy atom. The smallest absolute Gasteiger partial charge is 0.353 e. The minimum Gasteiger partial charge on any atom is -0.382 e. The lowest BCUT2D eigenvalue weighted by molar-refractivity contribution is 0.00337. The summed E-state index contributed by atoms with van der Waals surface area (Å²) in [6.45, 7) is 0.462. The Bertz CT molecular complexity index is 722. The maximum atomic E-state index is 11.5. The number of ether oxygens (including phenoxy) is 2. The molecule has 2 aromatic heterocycles. The molecule has 2 heterocycles. The largest absolute Gasteiger partial charge is 0.382 e. The maximum absolute atomic E-state index is 11.5. The fourth-order valence-corrected chi connectivity index (χ4v) is 2.43. The van der Waals surface area contributed by atoms with E-state index in [4.69, 9.17) is 20.9 Å². The molecule has 0 aliphatic rings. The number of aromatic nitrogens is 4. The number of nitrogen functional groups attached to an aromatic ring is 2. The van der Waals surface area contributed by atoms with E-state index in [0.29, 0.717) is 11.2 Å². The zero-order chi connectivity index (χ0) is 17.0. The molecule has 2 rings (SSSR count). The summed E-state index contributed by atoms with van der Waals surface area (Å²) in [5.41, 5.74) is 12.2. The number of hydrogen-bond acceptors (Lipinski definition) is 9. The van der Waals surface area contributed by atoms with E-state index in [1.165, 1.54) is 13.4 Å². The minimum absolute atomic E-state index is 0.0280. The molecular weight excluding hydrogens is 327 g/mol. The maximum Gasteiger partial charge on any atom is 0.353 e. The molecule has 0 fully saturated rings. The Hall–Kier alpha value is -1.78. The summed E-state index contributed by atoms with van der Waals surface area (Å²) in [4.78, 5) is 21.5. The van der Waals surface area contributed by atoms with Gasteiger partial charge in [-0.2, -0.15) is 9.97 Å². The van der Waals surface area contributed by atoms with Crippen molar-refractivity contribution in [2.45, 2.75) is 12.6 Å². The van der Waals surface area contributed by atoms with Crippen molar-refractivity contribution in [3.05, 3.63) is 6.33 Å². The summed E-state index contributed by atoms with van der Waals surface area (Å²) >= 11 is 0. The van der Waals surface area contributed by atoms with Crippen LogP contribution in [0, 0.1) is 0 Å². The van der Waals surface area contributed by atoms with E-state index in [9.17, 15) is 9.46 Å². The average Bonchev–Trinajstić information content (AvgIpc) is 2.88. The fourth-order valence-electron chi connectivity index (χ4n) is 1.93. The first-order valence-electron chi connectivity index (χ1n) is 6.58. The number of anilines is 2. The summed E-state index contributed by atoms with van der Waals surface area (Å²) in [5, 5.41) is 0. The Morgan fingerprint density at radius 2 is 2.13 bits per heavy atom. The second-order valence-corrected chi connectivity index (χ2v) is 6.63. The van der Waals surface area contributed by atoms with E-state index in [1.807, 2.05) is 0 Å². The van der Waals surface area contributed by atoms with Gasteiger partial charge in [0.2, 0.25) is 5.95 Å². The van der Waals surface area contributed by atoms with Crippen LogP contribution in [-0.4, -0.2) is 57.7 Å². The third-order valence-corrected chi connectivity index (χ3v) is 4.07.